The zero-order valence-electron chi connectivity index (χ0n) is 24.6. The number of rotatable bonds is 24. The standard InChI is InChI=1S/C25H45N7O11/c1-17(2)24(26)25(43)29-28-18(33)6-4-3-5-7-27-19(34)12-30(8-10-31(13-20(35)36)14-21(37)38)9-11-32(15-22(39)40)16-23(41)42/h17,24H,3-16,26H2,1-2H3,(H,27,34)(H,28,33)(H,29,43)(H,35,36)(H,37,38)(H,39,40)(H,41,42)/t24-/m1/s1. The predicted octanol–water partition coefficient (Wildman–Crippen LogP) is -2.96. The first-order valence-corrected chi connectivity index (χ1v) is 13.8. The first-order valence-electron chi connectivity index (χ1n) is 13.8. The van der Waals surface area contributed by atoms with E-state index in [9.17, 15) is 33.6 Å². The number of amides is 3. The molecule has 18 heteroatoms. The van der Waals surface area contributed by atoms with Crippen LogP contribution in [0.15, 0.2) is 0 Å². The van der Waals surface area contributed by atoms with Gasteiger partial charge in [0.25, 0.3) is 5.91 Å². The average Bonchev–Trinajstić information content (AvgIpc) is 2.88. The number of carboxylic acids is 4. The second-order valence-corrected chi connectivity index (χ2v) is 10.2. The Kier molecular flexibility index (Phi) is 19.8. The van der Waals surface area contributed by atoms with E-state index < -0.39 is 67.9 Å². The lowest BCUT2D eigenvalue weighted by atomic mass is 10.1. The summed E-state index contributed by atoms with van der Waals surface area (Å²) >= 11 is 0. The van der Waals surface area contributed by atoms with E-state index in [1.54, 1.807) is 18.7 Å². The van der Waals surface area contributed by atoms with Gasteiger partial charge in [-0.25, -0.2) is 0 Å². The second-order valence-electron chi connectivity index (χ2n) is 10.2. The largest absolute Gasteiger partial charge is 0.480 e. The number of nitrogens with two attached hydrogens (primary N) is 1. The highest BCUT2D eigenvalue weighted by atomic mass is 16.4. The number of nitrogens with zero attached hydrogens (tertiary/aromatic N) is 3. The van der Waals surface area contributed by atoms with Crippen LogP contribution in [0.1, 0.15) is 39.5 Å². The number of carbonyl (C=O) groups is 7. The summed E-state index contributed by atoms with van der Waals surface area (Å²) in [7, 11) is 0. The smallest absolute Gasteiger partial charge is 0.317 e. The molecule has 0 bridgehead atoms. The maximum Gasteiger partial charge on any atom is 0.317 e. The summed E-state index contributed by atoms with van der Waals surface area (Å²) in [5, 5.41) is 38.9. The fraction of sp³-hybridized carbons (Fsp3) is 0.720. The summed E-state index contributed by atoms with van der Waals surface area (Å²) in [4.78, 5) is 84.5. The third kappa shape index (κ3) is 21.5. The number of nitrogens with one attached hydrogen (secondary N) is 3. The average molecular weight is 620 g/mol. The highest BCUT2D eigenvalue weighted by Gasteiger charge is 2.20. The van der Waals surface area contributed by atoms with E-state index in [-0.39, 0.29) is 57.5 Å². The molecule has 0 radical (unpaired) electrons. The number of hydrazine groups is 1. The molecule has 0 spiro atoms. The molecular weight excluding hydrogens is 574 g/mol. The monoisotopic (exact) mass is 619 g/mol. The molecule has 246 valence electrons. The summed E-state index contributed by atoms with van der Waals surface area (Å²) in [6.45, 7) is 1.48. The van der Waals surface area contributed by atoms with Crippen LogP contribution in [0.3, 0.4) is 0 Å². The summed E-state index contributed by atoms with van der Waals surface area (Å²) in [6, 6.07) is -0.748. The normalized spacial score (nSPS) is 11.9. The van der Waals surface area contributed by atoms with Crippen molar-refractivity contribution in [1.82, 2.24) is 30.9 Å². The van der Waals surface area contributed by atoms with Crippen molar-refractivity contribution >= 4 is 41.6 Å². The molecular formula is C25H45N7O11. The first-order chi connectivity index (χ1) is 20.1. The molecule has 43 heavy (non-hydrogen) atoms. The Labute approximate surface area is 249 Å². The van der Waals surface area contributed by atoms with Crippen molar-refractivity contribution in [2.24, 2.45) is 11.7 Å². The highest BCUT2D eigenvalue weighted by Crippen LogP contribution is 2.01. The summed E-state index contributed by atoms with van der Waals surface area (Å²) in [5.41, 5.74) is 10.3. The predicted molar refractivity (Wildman–Crippen MR) is 150 cm³/mol. The second kappa shape index (κ2) is 21.8. The van der Waals surface area contributed by atoms with Gasteiger partial charge in [-0.3, -0.25) is 59.1 Å². The van der Waals surface area contributed by atoms with E-state index in [0.717, 1.165) is 9.80 Å². The lowest BCUT2D eigenvalue weighted by molar-refractivity contribution is -0.143. The van der Waals surface area contributed by atoms with Gasteiger partial charge in [-0.1, -0.05) is 20.3 Å². The van der Waals surface area contributed by atoms with Crippen LogP contribution in [-0.4, -0.2) is 148 Å². The molecule has 1 atom stereocenters. The number of unbranched alkanes of at least 4 members (excludes halogenated alkanes) is 2. The number of carbonyl (C=O) groups excluding carboxylic acids is 3. The van der Waals surface area contributed by atoms with Crippen LogP contribution in [0.5, 0.6) is 0 Å². The molecule has 0 unspecified atom stereocenters. The topological polar surface area (TPSA) is 272 Å². The van der Waals surface area contributed by atoms with Crippen LogP contribution in [0.4, 0.5) is 0 Å². The minimum absolute atomic E-state index is 0.0321. The molecule has 0 heterocycles. The Morgan fingerprint density at radius 1 is 0.605 bits per heavy atom. The lowest BCUT2D eigenvalue weighted by Crippen LogP contribution is -2.51. The molecule has 0 aliphatic heterocycles. The molecule has 0 fully saturated rings. The van der Waals surface area contributed by atoms with E-state index in [1.807, 2.05) is 0 Å². The molecule has 3 amide bonds. The van der Waals surface area contributed by atoms with Gasteiger partial charge in [0.1, 0.15) is 0 Å². The molecule has 0 aromatic carbocycles. The van der Waals surface area contributed by atoms with Crippen molar-refractivity contribution < 1.29 is 54.0 Å². The van der Waals surface area contributed by atoms with Gasteiger partial charge >= 0.3 is 23.9 Å². The van der Waals surface area contributed by atoms with Gasteiger partial charge in [0.05, 0.1) is 38.8 Å². The van der Waals surface area contributed by atoms with Gasteiger partial charge in [0.15, 0.2) is 0 Å². The van der Waals surface area contributed by atoms with Gasteiger partial charge in [-0.05, 0) is 18.8 Å². The third-order valence-corrected chi connectivity index (χ3v) is 6.02. The van der Waals surface area contributed by atoms with Crippen LogP contribution in [0.25, 0.3) is 0 Å². The van der Waals surface area contributed by atoms with Gasteiger partial charge in [-0.15, -0.1) is 0 Å². The van der Waals surface area contributed by atoms with Gasteiger partial charge < -0.3 is 31.5 Å². The van der Waals surface area contributed by atoms with E-state index >= 15 is 0 Å². The highest BCUT2D eigenvalue weighted by molar-refractivity contribution is 5.85. The number of hydrogen-bond donors (Lipinski definition) is 8. The molecule has 9 N–H and O–H groups in total. The van der Waals surface area contributed by atoms with Crippen LogP contribution >= 0.6 is 0 Å². The van der Waals surface area contributed by atoms with Gasteiger partial charge in [0.2, 0.25) is 11.8 Å². The molecule has 0 saturated heterocycles. The van der Waals surface area contributed by atoms with E-state index in [2.05, 4.69) is 16.2 Å². The minimum Gasteiger partial charge on any atom is -0.480 e. The van der Waals surface area contributed by atoms with E-state index in [4.69, 9.17) is 26.2 Å². The fourth-order valence-corrected chi connectivity index (χ4v) is 3.68. The molecule has 0 saturated carbocycles. The quantitative estimate of drug-likeness (QED) is 0.0396. The fourth-order valence-electron chi connectivity index (χ4n) is 3.68. The molecule has 18 nitrogen and oxygen atoms in total. The number of aliphatic carboxylic acids is 4. The Hall–Kier alpha value is -3.87. The minimum atomic E-state index is -1.24. The Balaban J connectivity index is 4.83. The molecule has 0 aromatic rings. The maximum absolute atomic E-state index is 12.6. The summed E-state index contributed by atoms with van der Waals surface area (Å²) in [5.74, 6) is -6.33. The van der Waals surface area contributed by atoms with Crippen LogP contribution in [0.2, 0.25) is 0 Å². The first kappa shape index (κ1) is 39.1. The van der Waals surface area contributed by atoms with E-state index in [1.165, 1.54) is 0 Å². The Bertz CT molecular complexity index is 877. The van der Waals surface area contributed by atoms with Crippen molar-refractivity contribution in [2.45, 2.75) is 45.6 Å². The summed E-state index contributed by atoms with van der Waals surface area (Å²) < 4.78 is 0. The summed E-state index contributed by atoms with van der Waals surface area (Å²) in [6.07, 6.45) is 1.77. The zero-order valence-corrected chi connectivity index (χ0v) is 24.6. The van der Waals surface area contributed by atoms with Gasteiger partial charge in [0, 0.05) is 39.1 Å². The van der Waals surface area contributed by atoms with E-state index in [0.29, 0.717) is 19.3 Å². The number of hydrogen-bond acceptors (Lipinski definition) is 11. The van der Waals surface area contributed by atoms with Crippen molar-refractivity contribution in [1.29, 1.82) is 0 Å². The lowest BCUT2D eigenvalue weighted by Gasteiger charge is -2.28. The molecule has 0 rings (SSSR count). The molecule has 0 aliphatic rings. The van der Waals surface area contributed by atoms with Crippen molar-refractivity contribution in [3.63, 3.8) is 0 Å². The number of carboxylic acid groups (broad SMARTS) is 4. The van der Waals surface area contributed by atoms with Gasteiger partial charge in [-0.2, -0.15) is 0 Å². The SMILES string of the molecule is CC(C)[C@@H](N)C(=O)NNC(=O)CCCCCNC(=O)CN(CCN(CC(=O)O)CC(=O)O)CCN(CC(=O)O)CC(=O)O. The van der Waals surface area contributed by atoms with Crippen LogP contribution in [-0.2, 0) is 33.6 Å². The maximum atomic E-state index is 12.6. The van der Waals surface area contributed by atoms with Crippen molar-refractivity contribution in [3.8, 4) is 0 Å². The van der Waals surface area contributed by atoms with Crippen molar-refractivity contribution in [2.75, 3.05) is 65.4 Å². The Morgan fingerprint density at radius 2 is 1.05 bits per heavy atom. The Morgan fingerprint density at radius 3 is 1.47 bits per heavy atom. The van der Waals surface area contributed by atoms with Crippen LogP contribution in [0, 0.1) is 5.92 Å². The molecule has 0 aliphatic carbocycles. The third-order valence-electron chi connectivity index (χ3n) is 6.02. The zero-order chi connectivity index (χ0) is 32.9. The van der Waals surface area contributed by atoms with Crippen molar-refractivity contribution in [3.05, 3.63) is 0 Å². The molecule has 0 aromatic heterocycles. The van der Waals surface area contributed by atoms with Crippen LogP contribution < -0.4 is 21.9 Å².